The van der Waals surface area contributed by atoms with Crippen molar-refractivity contribution in [2.75, 3.05) is 18.5 Å². The topological polar surface area (TPSA) is 63.2 Å². The second-order valence-corrected chi connectivity index (χ2v) is 5.62. The molecule has 0 aliphatic carbocycles. The van der Waals surface area contributed by atoms with E-state index in [1.54, 1.807) is 12.1 Å². The highest BCUT2D eigenvalue weighted by atomic mass is 35.5. The van der Waals surface area contributed by atoms with E-state index >= 15 is 0 Å². The largest absolute Gasteiger partial charge is 0.376 e. The summed E-state index contributed by atoms with van der Waals surface area (Å²) < 4.78 is 5.53. The van der Waals surface area contributed by atoms with Crippen LogP contribution in [0.1, 0.15) is 37.6 Å². The summed E-state index contributed by atoms with van der Waals surface area (Å²) in [4.78, 5) is 16.5. The predicted molar refractivity (Wildman–Crippen MR) is 79.3 cm³/mol. The number of nitrogens with zero attached hydrogens (tertiary/aromatic N) is 1. The summed E-state index contributed by atoms with van der Waals surface area (Å²) in [6, 6.07) is 3.27. The maximum atomic E-state index is 12.4. The highest BCUT2D eigenvalue weighted by Gasteiger charge is 2.38. The van der Waals surface area contributed by atoms with Gasteiger partial charge in [-0.3, -0.25) is 4.79 Å². The van der Waals surface area contributed by atoms with Crippen molar-refractivity contribution in [2.45, 2.75) is 38.8 Å². The minimum Gasteiger partial charge on any atom is -0.376 e. The third-order valence-electron chi connectivity index (χ3n) is 3.70. The molecule has 0 spiro atoms. The van der Waals surface area contributed by atoms with Gasteiger partial charge in [0.25, 0.3) is 5.91 Å². The van der Waals surface area contributed by atoms with Crippen molar-refractivity contribution < 1.29 is 9.53 Å². The molecule has 0 aromatic carbocycles. The van der Waals surface area contributed by atoms with E-state index in [4.69, 9.17) is 16.3 Å². The van der Waals surface area contributed by atoms with Crippen molar-refractivity contribution >= 4 is 23.3 Å². The van der Waals surface area contributed by atoms with E-state index in [0.29, 0.717) is 23.1 Å². The van der Waals surface area contributed by atoms with Crippen LogP contribution in [0.5, 0.6) is 0 Å². The lowest BCUT2D eigenvalue weighted by Gasteiger charge is -2.29. The molecule has 2 rings (SSSR count). The third-order valence-corrected chi connectivity index (χ3v) is 3.89. The second kappa shape index (κ2) is 5.97. The summed E-state index contributed by atoms with van der Waals surface area (Å²) in [5, 5.41) is 6.40. The molecule has 5 nitrogen and oxygen atoms in total. The fourth-order valence-electron chi connectivity index (χ4n) is 2.23. The van der Waals surface area contributed by atoms with E-state index in [1.165, 1.54) is 0 Å². The lowest BCUT2D eigenvalue weighted by atomic mass is 9.94. The first-order chi connectivity index (χ1) is 9.44. The number of nitrogens with one attached hydrogen (secondary N) is 2. The minimum atomic E-state index is -0.342. The van der Waals surface area contributed by atoms with Crippen LogP contribution in [0.25, 0.3) is 0 Å². The van der Waals surface area contributed by atoms with Crippen LogP contribution in [0.2, 0.25) is 5.15 Å². The summed E-state index contributed by atoms with van der Waals surface area (Å²) in [6.45, 7) is 7.31. The molecule has 6 heteroatoms. The van der Waals surface area contributed by atoms with E-state index in [0.717, 1.165) is 13.0 Å². The number of rotatable bonds is 4. The minimum absolute atomic E-state index is 0.00278. The molecule has 1 fully saturated rings. The standard InChI is InChI=1S/C14H20ClN3O2/c1-4-16-12-8-10(7-11(15)17-12)13(19)18-14(3)5-6-20-9(14)2/h7-9H,4-6H2,1-3H3,(H,16,17)(H,18,19). The highest BCUT2D eigenvalue weighted by molar-refractivity contribution is 6.29. The molecule has 1 saturated heterocycles. The summed E-state index contributed by atoms with van der Waals surface area (Å²) in [5.41, 5.74) is 0.159. The molecule has 2 heterocycles. The van der Waals surface area contributed by atoms with Gasteiger partial charge in [0.2, 0.25) is 0 Å². The molecular formula is C14H20ClN3O2. The third kappa shape index (κ3) is 3.22. The first kappa shape index (κ1) is 15.1. The Balaban J connectivity index is 2.16. The number of halogens is 1. The van der Waals surface area contributed by atoms with Crippen LogP contribution in [0.3, 0.4) is 0 Å². The van der Waals surface area contributed by atoms with Crippen LogP contribution in [0.4, 0.5) is 5.82 Å². The first-order valence-electron chi connectivity index (χ1n) is 6.80. The number of anilines is 1. The Hall–Kier alpha value is -1.33. The van der Waals surface area contributed by atoms with Gasteiger partial charge in [0.15, 0.2) is 0 Å². The van der Waals surface area contributed by atoms with Gasteiger partial charge in [0.1, 0.15) is 11.0 Å². The number of hydrogen-bond acceptors (Lipinski definition) is 4. The van der Waals surface area contributed by atoms with Crippen molar-refractivity contribution in [3.63, 3.8) is 0 Å². The van der Waals surface area contributed by atoms with E-state index in [9.17, 15) is 4.79 Å². The van der Waals surface area contributed by atoms with E-state index in [2.05, 4.69) is 15.6 Å². The summed E-state index contributed by atoms with van der Waals surface area (Å²) in [7, 11) is 0. The molecule has 0 saturated carbocycles. The molecule has 0 radical (unpaired) electrons. The zero-order valence-corrected chi connectivity index (χ0v) is 12.8. The monoisotopic (exact) mass is 297 g/mol. The van der Waals surface area contributed by atoms with Crippen LogP contribution in [0.15, 0.2) is 12.1 Å². The van der Waals surface area contributed by atoms with Gasteiger partial charge in [-0.15, -0.1) is 0 Å². The molecule has 2 N–H and O–H groups in total. The number of pyridine rings is 1. The summed E-state index contributed by atoms with van der Waals surface area (Å²) in [5.74, 6) is 0.444. The number of carbonyl (C=O) groups excluding carboxylic acids is 1. The molecule has 2 atom stereocenters. The average molecular weight is 298 g/mol. The number of carbonyl (C=O) groups is 1. The molecule has 20 heavy (non-hydrogen) atoms. The molecule has 0 bridgehead atoms. The quantitative estimate of drug-likeness (QED) is 0.838. The summed E-state index contributed by atoms with van der Waals surface area (Å²) in [6.07, 6.45) is 0.802. The number of ether oxygens (including phenoxy) is 1. The zero-order chi connectivity index (χ0) is 14.8. The molecule has 1 aromatic heterocycles. The molecule has 1 aliphatic rings. The zero-order valence-electron chi connectivity index (χ0n) is 12.0. The van der Waals surface area contributed by atoms with Crippen LogP contribution >= 0.6 is 11.6 Å². The number of amides is 1. The molecule has 1 aromatic rings. The lowest BCUT2D eigenvalue weighted by molar-refractivity contribution is 0.0727. The van der Waals surface area contributed by atoms with Gasteiger partial charge >= 0.3 is 0 Å². The predicted octanol–water partition coefficient (Wildman–Crippen LogP) is 2.46. The van der Waals surface area contributed by atoms with Crippen molar-refractivity contribution in [3.05, 3.63) is 22.8 Å². The summed E-state index contributed by atoms with van der Waals surface area (Å²) >= 11 is 5.95. The van der Waals surface area contributed by atoms with Crippen molar-refractivity contribution in [1.82, 2.24) is 10.3 Å². The van der Waals surface area contributed by atoms with E-state index < -0.39 is 0 Å². The maximum Gasteiger partial charge on any atom is 0.252 e. The Kier molecular flexibility index (Phi) is 4.50. The normalized spacial score (nSPS) is 25.5. The van der Waals surface area contributed by atoms with Crippen LogP contribution in [-0.2, 0) is 4.74 Å². The van der Waals surface area contributed by atoms with E-state index in [-0.39, 0.29) is 17.6 Å². The van der Waals surface area contributed by atoms with Crippen molar-refractivity contribution in [1.29, 1.82) is 0 Å². The number of aromatic nitrogens is 1. The fourth-order valence-corrected chi connectivity index (χ4v) is 2.44. The van der Waals surface area contributed by atoms with Crippen molar-refractivity contribution in [3.8, 4) is 0 Å². The highest BCUT2D eigenvalue weighted by Crippen LogP contribution is 2.26. The second-order valence-electron chi connectivity index (χ2n) is 5.23. The molecule has 110 valence electrons. The van der Waals surface area contributed by atoms with E-state index in [1.807, 2.05) is 20.8 Å². The van der Waals surface area contributed by atoms with Crippen molar-refractivity contribution in [2.24, 2.45) is 0 Å². The van der Waals surface area contributed by atoms with Gasteiger partial charge in [0.05, 0.1) is 11.6 Å². The van der Waals surface area contributed by atoms with Gasteiger partial charge < -0.3 is 15.4 Å². The Labute approximate surface area is 124 Å². The maximum absolute atomic E-state index is 12.4. The van der Waals surface area contributed by atoms with Crippen LogP contribution in [-0.4, -0.2) is 35.7 Å². The fraction of sp³-hybridized carbons (Fsp3) is 0.571. The lowest BCUT2D eigenvalue weighted by Crippen LogP contribution is -2.50. The van der Waals surface area contributed by atoms with Crippen LogP contribution in [0, 0.1) is 0 Å². The van der Waals surface area contributed by atoms with Gasteiger partial charge in [0, 0.05) is 18.7 Å². The Morgan fingerprint density at radius 1 is 1.60 bits per heavy atom. The van der Waals surface area contributed by atoms with Gasteiger partial charge in [-0.05, 0) is 39.3 Å². The van der Waals surface area contributed by atoms with Gasteiger partial charge in [-0.2, -0.15) is 0 Å². The van der Waals surface area contributed by atoms with Gasteiger partial charge in [-0.1, -0.05) is 11.6 Å². The Bertz CT molecular complexity index is 509. The Morgan fingerprint density at radius 2 is 2.35 bits per heavy atom. The Morgan fingerprint density at radius 3 is 2.95 bits per heavy atom. The average Bonchev–Trinajstić information content (AvgIpc) is 2.69. The molecular weight excluding hydrogens is 278 g/mol. The van der Waals surface area contributed by atoms with Gasteiger partial charge in [-0.25, -0.2) is 4.98 Å². The molecule has 2 unspecified atom stereocenters. The first-order valence-corrected chi connectivity index (χ1v) is 7.18. The SMILES string of the molecule is CCNc1cc(C(=O)NC2(C)CCOC2C)cc(Cl)n1. The molecule has 1 amide bonds. The smallest absolute Gasteiger partial charge is 0.252 e. The van der Waals surface area contributed by atoms with Crippen LogP contribution < -0.4 is 10.6 Å². The molecule has 1 aliphatic heterocycles. The number of hydrogen-bond donors (Lipinski definition) is 2.